The van der Waals surface area contributed by atoms with E-state index >= 15 is 0 Å². The number of nitrogens with zero attached hydrogens (tertiary/aromatic N) is 2. The third-order valence-electron chi connectivity index (χ3n) is 5.14. The van der Waals surface area contributed by atoms with Crippen LogP contribution in [0.25, 0.3) is 0 Å². The van der Waals surface area contributed by atoms with E-state index in [1.54, 1.807) is 7.11 Å². The van der Waals surface area contributed by atoms with Gasteiger partial charge in [0.1, 0.15) is 5.60 Å². The van der Waals surface area contributed by atoms with E-state index in [1.165, 1.54) is 25.7 Å². The summed E-state index contributed by atoms with van der Waals surface area (Å²) in [6.07, 6.45) is 9.03. The molecule has 1 heterocycles. The van der Waals surface area contributed by atoms with Crippen LogP contribution in [0.2, 0.25) is 0 Å². The zero-order valence-corrected chi connectivity index (χ0v) is 12.5. The highest BCUT2D eigenvalue weighted by Crippen LogP contribution is 2.41. The minimum Gasteiger partial charge on any atom is -0.370 e. The van der Waals surface area contributed by atoms with Gasteiger partial charge in [0.25, 0.3) is 0 Å². The van der Waals surface area contributed by atoms with Gasteiger partial charge in [-0.15, -0.1) is 0 Å². The van der Waals surface area contributed by atoms with E-state index in [4.69, 9.17) is 9.26 Å². The van der Waals surface area contributed by atoms with Crippen molar-refractivity contribution in [3.05, 3.63) is 11.7 Å². The minimum absolute atomic E-state index is 0.288. The van der Waals surface area contributed by atoms with Crippen molar-refractivity contribution in [1.82, 2.24) is 15.5 Å². The lowest BCUT2D eigenvalue weighted by atomic mass is 9.86. The summed E-state index contributed by atoms with van der Waals surface area (Å²) in [5.74, 6) is 2.01. The normalized spacial score (nSPS) is 29.7. The van der Waals surface area contributed by atoms with Crippen LogP contribution in [0.4, 0.5) is 0 Å². The largest absolute Gasteiger partial charge is 0.370 e. The molecule has 0 aliphatic heterocycles. The average molecular weight is 279 g/mol. The summed E-state index contributed by atoms with van der Waals surface area (Å²) in [6, 6.07) is 0.647. The second-order valence-corrected chi connectivity index (χ2v) is 6.20. The lowest BCUT2D eigenvalue weighted by Gasteiger charge is -2.26. The fourth-order valence-corrected chi connectivity index (χ4v) is 3.68. The smallest absolute Gasteiger partial charge is 0.229 e. The first-order valence-electron chi connectivity index (χ1n) is 7.84. The molecule has 0 saturated heterocycles. The Bertz CT molecular complexity index is 432. The molecular formula is C15H25N3O2. The summed E-state index contributed by atoms with van der Waals surface area (Å²) in [7, 11) is 3.80. The van der Waals surface area contributed by atoms with E-state index in [0.29, 0.717) is 12.0 Å². The Balaban J connectivity index is 1.71. The lowest BCUT2D eigenvalue weighted by molar-refractivity contribution is -0.0178. The Morgan fingerprint density at radius 2 is 1.90 bits per heavy atom. The number of rotatable bonds is 4. The number of methoxy groups -OCH3 is 1. The van der Waals surface area contributed by atoms with Crippen molar-refractivity contribution in [2.75, 3.05) is 14.2 Å². The first-order valence-corrected chi connectivity index (χ1v) is 7.84. The first-order chi connectivity index (χ1) is 9.77. The van der Waals surface area contributed by atoms with Crippen molar-refractivity contribution in [2.45, 2.75) is 68.9 Å². The number of hydrogen-bond donors (Lipinski definition) is 1. The highest BCUT2D eigenvalue weighted by atomic mass is 16.5. The van der Waals surface area contributed by atoms with Crippen molar-refractivity contribution in [2.24, 2.45) is 0 Å². The minimum atomic E-state index is -0.288. The van der Waals surface area contributed by atoms with Crippen molar-refractivity contribution in [1.29, 1.82) is 0 Å². The Morgan fingerprint density at radius 3 is 2.50 bits per heavy atom. The highest BCUT2D eigenvalue weighted by Gasteiger charge is 2.40. The van der Waals surface area contributed by atoms with Crippen LogP contribution >= 0.6 is 0 Å². The van der Waals surface area contributed by atoms with Crippen LogP contribution in [0, 0.1) is 0 Å². The average Bonchev–Trinajstić information content (AvgIpc) is 3.17. The summed E-state index contributed by atoms with van der Waals surface area (Å²) in [6.45, 7) is 0. The molecule has 2 aliphatic carbocycles. The third kappa shape index (κ3) is 2.49. The lowest BCUT2D eigenvalue weighted by Crippen LogP contribution is -2.29. The van der Waals surface area contributed by atoms with E-state index in [-0.39, 0.29) is 5.60 Å². The van der Waals surface area contributed by atoms with Crippen molar-refractivity contribution >= 4 is 0 Å². The molecule has 0 atom stereocenters. The summed E-state index contributed by atoms with van der Waals surface area (Å²) in [5, 5.41) is 7.58. The Kier molecular flexibility index (Phi) is 4.08. The zero-order chi connectivity index (χ0) is 14.0. The molecule has 0 bridgehead atoms. The molecule has 1 aromatic rings. The zero-order valence-electron chi connectivity index (χ0n) is 12.5. The standard InChI is InChI=1S/C15H25N3O2/c1-16-12-7-5-11(6-8-12)13-17-14(18-20-13)15(19-2)9-3-4-10-15/h11-12,16H,3-10H2,1-2H3. The van der Waals surface area contributed by atoms with Gasteiger partial charge in [-0.3, -0.25) is 0 Å². The number of aromatic nitrogens is 2. The quantitative estimate of drug-likeness (QED) is 0.918. The second-order valence-electron chi connectivity index (χ2n) is 6.20. The summed E-state index contributed by atoms with van der Waals surface area (Å²) >= 11 is 0. The fourth-order valence-electron chi connectivity index (χ4n) is 3.68. The molecule has 2 saturated carbocycles. The predicted molar refractivity (Wildman–Crippen MR) is 75.5 cm³/mol. The van der Waals surface area contributed by atoms with E-state index in [1.807, 2.05) is 7.05 Å². The van der Waals surface area contributed by atoms with Crippen LogP contribution < -0.4 is 5.32 Å². The number of hydrogen-bond acceptors (Lipinski definition) is 5. The summed E-state index contributed by atoms with van der Waals surface area (Å²) in [4.78, 5) is 4.69. The van der Waals surface area contributed by atoms with Crippen molar-refractivity contribution in [3.8, 4) is 0 Å². The Morgan fingerprint density at radius 1 is 1.20 bits per heavy atom. The van der Waals surface area contributed by atoms with E-state index in [0.717, 1.165) is 37.4 Å². The van der Waals surface area contributed by atoms with Crippen molar-refractivity contribution < 1.29 is 9.26 Å². The molecule has 0 unspecified atom stereocenters. The van der Waals surface area contributed by atoms with Gasteiger partial charge >= 0.3 is 0 Å². The summed E-state index contributed by atoms with van der Waals surface area (Å²) in [5.41, 5.74) is -0.288. The van der Waals surface area contributed by atoms with E-state index < -0.39 is 0 Å². The molecule has 1 aromatic heterocycles. The molecule has 2 aliphatic rings. The van der Waals surface area contributed by atoms with Gasteiger partial charge in [-0.2, -0.15) is 4.98 Å². The fraction of sp³-hybridized carbons (Fsp3) is 0.867. The van der Waals surface area contributed by atoms with Crippen molar-refractivity contribution in [3.63, 3.8) is 0 Å². The van der Waals surface area contributed by atoms with Gasteiger partial charge in [0.15, 0.2) is 0 Å². The molecule has 3 rings (SSSR count). The third-order valence-corrected chi connectivity index (χ3v) is 5.14. The van der Waals surface area contributed by atoms with Crippen LogP contribution in [-0.4, -0.2) is 30.3 Å². The number of ether oxygens (including phenoxy) is 1. The monoisotopic (exact) mass is 279 g/mol. The van der Waals surface area contributed by atoms with Gasteiger partial charge in [0, 0.05) is 19.1 Å². The first kappa shape index (κ1) is 14.0. The Hall–Kier alpha value is -0.940. The van der Waals surface area contributed by atoms with E-state index in [2.05, 4.69) is 15.5 Å². The van der Waals surface area contributed by atoms with Gasteiger partial charge in [-0.05, 0) is 58.4 Å². The maximum atomic E-state index is 5.72. The molecule has 20 heavy (non-hydrogen) atoms. The molecule has 0 amide bonds. The summed E-state index contributed by atoms with van der Waals surface area (Å²) < 4.78 is 11.3. The van der Waals surface area contributed by atoms with Crippen LogP contribution in [0.3, 0.4) is 0 Å². The SMILES string of the molecule is CNC1CCC(c2nc(C3(OC)CCCC3)no2)CC1. The molecule has 0 aromatic carbocycles. The molecule has 0 spiro atoms. The van der Waals surface area contributed by atoms with Gasteiger partial charge in [0.2, 0.25) is 11.7 Å². The van der Waals surface area contributed by atoms with E-state index in [9.17, 15) is 0 Å². The maximum Gasteiger partial charge on any atom is 0.229 e. The Labute approximate surface area is 120 Å². The number of nitrogens with one attached hydrogen (secondary N) is 1. The van der Waals surface area contributed by atoms with Crippen LogP contribution in [0.1, 0.15) is 69.0 Å². The molecular weight excluding hydrogens is 254 g/mol. The molecule has 5 heteroatoms. The van der Waals surface area contributed by atoms with Gasteiger partial charge in [0.05, 0.1) is 0 Å². The van der Waals surface area contributed by atoms with Gasteiger partial charge < -0.3 is 14.6 Å². The second kappa shape index (κ2) is 5.82. The molecule has 5 nitrogen and oxygen atoms in total. The highest BCUT2D eigenvalue weighted by molar-refractivity contribution is 5.06. The van der Waals surface area contributed by atoms with Crippen LogP contribution in [0.15, 0.2) is 4.52 Å². The van der Waals surface area contributed by atoms with Gasteiger partial charge in [-0.25, -0.2) is 0 Å². The maximum absolute atomic E-state index is 5.72. The van der Waals surface area contributed by atoms with Crippen LogP contribution in [0.5, 0.6) is 0 Å². The topological polar surface area (TPSA) is 60.2 Å². The van der Waals surface area contributed by atoms with Crippen LogP contribution in [-0.2, 0) is 10.3 Å². The van der Waals surface area contributed by atoms with Gasteiger partial charge in [-0.1, -0.05) is 5.16 Å². The molecule has 112 valence electrons. The predicted octanol–water partition coefficient (Wildman–Crippen LogP) is 2.73. The molecule has 1 N–H and O–H groups in total. The molecule has 2 fully saturated rings. The molecule has 0 radical (unpaired) electrons.